The first-order valence-corrected chi connectivity index (χ1v) is 9.98. The molecule has 0 radical (unpaired) electrons. The second-order valence-corrected chi connectivity index (χ2v) is 6.79. The third-order valence-corrected chi connectivity index (χ3v) is 5.18. The van der Waals surface area contributed by atoms with Crippen LogP contribution in [0.2, 0.25) is 0 Å². The Morgan fingerprint density at radius 2 is 1.54 bits per heavy atom. The minimum atomic E-state index is -0.440. The number of nitrogens with zero attached hydrogens (tertiary/aromatic N) is 1. The molecule has 2 rings (SSSR count). The van der Waals surface area contributed by atoms with E-state index in [-0.39, 0.29) is 0 Å². The summed E-state index contributed by atoms with van der Waals surface area (Å²) >= 11 is 0. The van der Waals surface area contributed by atoms with Crippen LogP contribution in [0.25, 0.3) is 0 Å². The van der Waals surface area contributed by atoms with Gasteiger partial charge < -0.3 is 15.3 Å². The number of anilines is 1. The Morgan fingerprint density at radius 1 is 0.885 bits per heavy atom. The Labute approximate surface area is 159 Å². The van der Waals surface area contributed by atoms with Crippen LogP contribution in [0.4, 0.5) is 5.69 Å². The fourth-order valence-electron chi connectivity index (χ4n) is 3.46. The van der Waals surface area contributed by atoms with E-state index in [0.29, 0.717) is 12.5 Å². The monoisotopic (exact) mass is 354 g/mol. The molecule has 0 aliphatic rings. The molecule has 0 aliphatic heterocycles. The van der Waals surface area contributed by atoms with E-state index in [4.69, 9.17) is 0 Å². The van der Waals surface area contributed by atoms with E-state index in [1.54, 1.807) is 0 Å². The lowest BCUT2D eigenvalue weighted by Gasteiger charge is -2.22. The minimum Gasteiger partial charge on any atom is -0.387 e. The van der Waals surface area contributed by atoms with Crippen molar-refractivity contribution < 1.29 is 5.11 Å². The van der Waals surface area contributed by atoms with Gasteiger partial charge in [0.25, 0.3) is 0 Å². The van der Waals surface area contributed by atoms with Crippen molar-refractivity contribution in [2.24, 2.45) is 0 Å². The van der Waals surface area contributed by atoms with Crippen molar-refractivity contribution in [3.8, 4) is 0 Å². The number of hydrogen-bond acceptors (Lipinski definition) is 3. The van der Waals surface area contributed by atoms with Gasteiger partial charge in [-0.3, -0.25) is 0 Å². The molecule has 2 aromatic rings. The van der Waals surface area contributed by atoms with Gasteiger partial charge in [-0.1, -0.05) is 49.4 Å². The Morgan fingerprint density at radius 3 is 2.12 bits per heavy atom. The topological polar surface area (TPSA) is 35.5 Å². The number of aliphatic hydroxyl groups excluding tert-OH is 1. The lowest BCUT2D eigenvalue weighted by Crippen LogP contribution is -2.24. The Balaban J connectivity index is 1.81. The van der Waals surface area contributed by atoms with Gasteiger partial charge in [-0.2, -0.15) is 0 Å². The van der Waals surface area contributed by atoms with E-state index < -0.39 is 6.10 Å². The van der Waals surface area contributed by atoms with Gasteiger partial charge in [0.1, 0.15) is 0 Å². The lowest BCUT2D eigenvalue weighted by atomic mass is 9.93. The van der Waals surface area contributed by atoms with E-state index in [1.807, 2.05) is 30.3 Å². The number of aliphatic hydroxyl groups is 1. The van der Waals surface area contributed by atoms with E-state index in [1.165, 1.54) is 11.3 Å². The third kappa shape index (κ3) is 5.86. The van der Waals surface area contributed by atoms with Crippen LogP contribution in [0.3, 0.4) is 0 Å². The molecule has 26 heavy (non-hydrogen) atoms. The highest BCUT2D eigenvalue weighted by atomic mass is 16.3. The first-order valence-electron chi connectivity index (χ1n) is 9.98. The van der Waals surface area contributed by atoms with Crippen molar-refractivity contribution in [2.75, 3.05) is 31.1 Å². The maximum atomic E-state index is 10.2. The van der Waals surface area contributed by atoms with E-state index >= 15 is 0 Å². The number of nitrogens with one attached hydrogen (secondary N) is 1. The van der Waals surface area contributed by atoms with Crippen LogP contribution in [0, 0.1) is 0 Å². The van der Waals surface area contributed by atoms with Crippen molar-refractivity contribution >= 4 is 5.69 Å². The van der Waals surface area contributed by atoms with Crippen LogP contribution in [0.5, 0.6) is 0 Å². The minimum absolute atomic E-state index is 0.440. The van der Waals surface area contributed by atoms with Crippen LogP contribution in [-0.2, 0) is 0 Å². The zero-order valence-electron chi connectivity index (χ0n) is 16.5. The van der Waals surface area contributed by atoms with Gasteiger partial charge in [0.2, 0.25) is 0 Å². The first kappa shape index (κ1) is 20.5. The summed E-state index contributed by atoms with van der Waals surface area (Å²) in [5.41, 5.74) is 3.69. The van der Waals surface area contributed by atoms with E-state index in [9.17, 15) is 5.11 Å². The quantitative estimate of drug-likeness (QED) is 0.572. The molecular formula is C23H34N2O. The largest absolute Gasteiger partial charge is 0.387 e. The van der Waals surface area contributed by atoms with Gasteiger partial charge in [0.05, 0.1) is 6.10 Å². The molecule has 0 saturated heterocycles. The lowest BCUT2D eigenvalue weighted by molar-refractivity contribution is 0.174. The molecule has 0 bridgehead atoms. The highest BCUT2D eigenvalue weighted by Crippen LogP contribution is 2.25. The molecule has 2 unspecified atom stereocenters. The fraction of sp³-hybridized carbons (Fsp3) is 0.478. The third-order valence-electron chi connectivity index (χ3n) is 5.18. The normalized spacial score (nSPS) is 13.4. The number of benzene rings is 2. The summed E-state index contributed by atoms with van der Waals surface area (Å²) in [5.74, 6) is 0.558. The van der Waals surface area contributed by atoms with Crippen molar-refractivity contribution in [2.45, 2.75) is 45.6 Å². The molecule has 0 fully saturated rings. The molecule has 0 spiro atoms. The smallest absolute Gasteiger partial charge is 0.0914 e. The fourth-order valence-corrected chi connectivity index (χ4v) is 3.46. The molecule has 3 nitrogen and oxygen atoms in total. The molecule has 0 aliphatic carbocycles. The zero-order chi connectivity index (χ0) is 18.8. The standard InChI is InChI=1S/C23H34N2O/c1-4-19(20-12-14-22(15-13-20)25(5-2)6-3)16-17-24-18-23(26)21-10-8-7-9-11-21/h7-15,19,23-24,26H,4-6,16-18H2,1-3H3. The SMILES string of the molecule is CCC(CCNCC(O)c1ccccc1)c1ccc(N(CC)CC)cc1. The van der Waals surface area contributed by atoms with Gasteiger partial charge >= 0.3 is 0 Å². The van der Waals surface area contributed by atoms with Gasteiger partial charge in [-0.15, -0.1) is 0 Å². The molecule has 2 aromatic carbocycles. The van der Waals surface area contributed by atoms with Crippen LogP contribution < -0.4 is 10.2 Å². The van der Waals surface area contributed by atoms with Gasteiger partial charge in [0.15, 0.2) is 0 Å². The summed E-state index contributed by atoms with van der Waals surface area (Å²) in [6.45, 7) is 10.2. The van der Waals surface area contributed by atoms with Crippen molar-refractivity contribution in [1.29, 1.82) is 0 Å². The second-order valence-electron chi connectivity index (χ2n) is 6.79. The molecule has 0 heterocycles. The summed E-state index contributed by atoms with van der Waals surface area (Å²) in [5, 5.41) is 13.6. The summed E-state index contributed by atoms with van der Waals surface area (Å²) in [6, 6.07) is 18.9. The van der Waals surface area contributed by atoms with Gasteiger partial charge in [-0.25, -0.2) is 0 Å². The molecule has 0 saturated carbocycles. The number of hydrogen-bond donors (Lipinski definition) is 2. The Hall–Kier alpha value is -1.84. The van der Waals surface area contributed by atoms with Gasteiger partial charge in [-0.05, 0) is 62.4 Å². The second kappa shape index (κ2) is 11.0. The highest BCUT2D eigenvalue weighted by molar-refractivity contribution is 5.47. The molecule has 0 aromatic heterocycles. The summed E-state index contributed by atoms with van der Waals surface area (Å²) in [6.07, 6.45) is 1.78. The van der Waals surface area contributed by atoms with Crippen LogP contribution >= 0.6 is 0 Å². The maximum Gasteiger partial charge on any atom is 0.0914 e. The Kier molecular flexibility index (Phi) is 8.66. The molecule has 2 N–H and O–H groups in total. The summed E-state index contributed by atoms with van der Waals surface area (Å²) in [7, 11) is 0. The predicted molar refractivity (Wildman–Crippen MR) is 112 cm³/mol. The molecule has 2 atom stereocenters. The average Bonchev–Trinajstić information content (AvgIpc) is 2.70. The van der Waals surface area contributed by atoms with Crippen molar-refractivity contribution in [3.05, 3.63) is 65.7 Å². The van der Waals surface area contributed by atoms with Crippen LogP contribution in [0.15, 0.2) is 54.6 Å². The van der Waals surface area contributed by atoms with Crippen LogP contribution in [-0.4, -0.2) is 31.3 Å². The average molecular weight is 355 g/mol. The van der Waals surface area contributed by atoms with E-state index in [2.05, 4.69) is 55.3 Å². The molecule has 3 heteroatoms. The first-order chi connectivity index (χ1) is 12.7. The maximum absolute atomic E-state index is 10.2. The molecule has 142 valence electrons. The molecular weight excluding hydrogens is 320 g/mol. The van der Waals surface area contributed by atoms with Gasteiger partial charge in [0, 0.05) is 25.3 Å². The number of rotatable bonds is 11. The highest BCUT2D eigenvalue weighted by Gasteiger charge is 2.11. The van der Waals surface area contributed by atoms with E-state index in [0.717, 1.165) is 38.0 Å². The van der Waals surface area contributed by atoms with Crippen LogP contribution in [0.1, 0.15) is 56.8 Å². The molecule has 0 amide bonds. The predicted octanol–water partition coefficient (Wildman–Crippen LogP) is 4.74. The zero-order valence-corrected chi connectivity index (χ0v) is 16.5. The summed E-state index contributed by atoms with van der Waals surface area (Å²) < 4.78 is 0. The van der Waals surface area contributed by atoms with Crippen molar-refractivity contribution in [3.63, 3.8) is 0 Å². The Bertz CT molecular complexity index is 608. The summed E-state index contributed by atoms with van der Waals surface area (Å²) in [4.78, 5) is 2.37. The van der Waals surface area contributed by atoms with Crippen molar-refractivity contribution in [1.82, 2.24) is 5.32 Å².